The van der Waals surface area contributed by atoms with Gasteiger partial charge in [0.05, 0.1) is 0 Å². The maximum Gasteiger partial charge on any atom is 0.163 e. The molecule has 0 aliphatic heterocycles. The maximum absolute atomic E-state index is 6.14. The molecule has 4 nitrogen and oxygen atoms in total. The van der Waals surface area contributed by atoms with Gasteiger partial charge in [0.15, 0.2) is 11.6 Å². The number of rotatable bonds is 4. The number of fused-ring (bicyclic) bond motifs is 6. The van der Waals surface area contributed by atoms with Crippen molar-refractivity contribution in [2.45, 2.75) is 12.3 Å². The van der Waals surface area contributed by atoms with Gasteiger partial charge in [-0.2, -0.15) is 0 Å². The molecule has 0 saturated carbocycles. The van der Waals surface area contributed by atoms with E-state index in [2.05, 4.69) is 127 Å². The Bertz CT molecular complexity index is 2470. The number of aromatic nitrogens is 3. The number of hydrogen-bond donors (Lipinski definition) is 0. The first-order chi connectivity index (χ1) is 22.3. The van der Waals surface area contributed by atoms with E-state index in [1.54, 1.807) is 0 Å². The first-order valence-electron chi connectivity index (χ1n) is 15.3. The SMILES string of the molecule is C1=CC[C@@H](c2nc(-c3ccc(-c4cccc5oc6ccccc6c45)cc3)nc(-c3ccc4c(ccc5ccccc54)c3)n2)C=C1. The lowest BCUT2D eigenvalue weighted by molar-refractivity contribution is 0.669. The van der Waals surface area contributed by atoms with E-state index >= 15 is 0 Å². The number of benzene rings is 6. The lowest BCUT2D eigenvalue weighted by Crippen LogP contribution is -2.07. The number of hydrogen-bond acceptors (Lipinski definition) is 4. The normalized spacial score (nSPS) is 14.6. The van der Waals surface area contributed by atoms with E-state index in [0.29, 0.717) is 11.6 Å². The molecule has 0 amide bonds. The highest BCUT2D eigenvalue weighted by Crippen LogP contribution is 2.37. The van der Waals surface area contributed by atoms with E-state index in [4.69, 9.17) is 19.4 Å². The molecule has 0 radical (unpaired) electrons. The fraction of sp³-hybridized carbons (Fsp3) is 0.0488. The minimum atomic E-state index is 0.103. The van der Waals surface area contributed by atoms with Gasteiger partial charge in [0, 0.05) is 27.8 Å². The van der Waals surface area contributed by atoms with Crippen molar-refractivity contribution >= 4 is 43.5 Å². The van der Waals surface area contributed by atoms with E-state index in [0.717, 1.165) is 56.4 Å². The Hall–Kier alpha value is -5.87. The number of nitrogens with zero attached hydrogens (tertiary/aromatic N) is 3. The van der Waals surface area contributed by atoms with E-state index in [-0.39, 0.29) is 5.92 Å². The summed E-state index contributed by atoms with van der Waals surface area (Å²) < 4.78 is 6.14. The molecule has 1 aliphatic rings. The van der Waals surface area contributed by atoms with Gasteiger partial charge in [0.1, 0.15) is 17.0 Å². The van der Waals surface area contributed by atoms with E-state index < -0.39 is 0 Å². The summed E-state index contributed by atoms with van der Waals surface area (Å²) in [5.41, 5.74) is 5.98. The fourth-order valence-corrected chi connectivity index (χ4v) is 6.55. The van der Waals surface area contributed by atoms with Crippen molar-refractivity contribution in [1.82, 2.24) is 15.0 Å². The van der Waals surface area contributed by atoms with Gasteiger partial charge in [-0.1, -0.05) is 127 Å². The predicted octanol–water partition coefficient (Wildman–Crippen LogP) is 10.7. The summed E-state index contributed by atoms with van der Waals surface area (Å²) in [5, 5.41) is 7.13. The molecule has 2 heterocycles. The molecule has 0 fully saturated rings. The van der Waals surface area contributed by atoms with Gasteiger partial charge < -0.3 is 4.42 Å². The van der Waals surface area contributed by atoms with E-state index in [1.165, 1.54) is 21.5 Å². The summed E-state index contributed by atoms with van der Waals surface area (Å²) in [7, 11) is 0. The van der Waals surface area contributed by atoms with Crippen LogP contribution in [0.1, 0.15) is 18.2 Å². The van der Waals surface area contributed by atoms with Crippen LogP contribution in [-0.2, 0) is 0 Å². The van der Waals surface area contributed by atoms with Gasteiger partial charge in [-0.05, 0) is 57.3 Å². The second-order valence-corrected chi connectivity index (χ2v) is 11.6. The van der Waals surface area contributed by atoms with Crippen LogP contribution in [0, 0.1) is 0 Å². The van der Waals surface area contributed by atoms with Gasteiger partial charge in [-0.15, -0.1) is 0 Å². The second-order valence-electron chi connectivity index (χ2n) is 11.6. The van der Waals surface area contributed by atoms with Crippen molar-refractivity contribution < 1.29 is 4.42 Å². The zero-order chi connectivity index (χ0) is 29.7. The van der Waals surface area contributed by atoms with Gasteiger partial charge >= 0.3 is 0 Å². The van der Waals surface area contributed by atoms with Gasteiger partial charge in [-0.3, -0.25) is 0 Å². The summed E-state index contributed by atoms with van der Waals surface area (Å²) >= 11 is 0. The molecule has 2 aromatic heterocycles. The Morgan fingerprint density at radius 2 is 1.24 bits per heavy atom. The molecular formula is C41H27N3O. The third-order valence-electron chi connectivity index (χ3n) is 8.82. The summed E-state index contributed by atoms with van der Waals surface area (Å²) in [5.74, 6) is 2.25. The minimum Gasteiger partial charge on any atom is -0.456 e. The van der Waals surface area contributed by atoms with Crippen molar-refractivity contribution in [1.29, 1.82) is 0 Å². The van der Waals surface area contributed by atoms with E-state index in [9.17, 15) is 0 Å². The summed E-state index contributed by atoms with van der Waals surface area (Å²) in [6.45, 7) is 0. The Balaban J connectivity index is 1.15. The quantitative estimate of drug-likeness (QED) is 0.195. The highest BCUT2D eigenvalue weighted by atomic mass is 16.3. The molecule has 0 unspecified atom stereocenters. The Labute approximate surface area is 260 Å². The average Bonchev–Trinajstić information content (AvgIpc) is 3.51. The third-order valence-corrected chi connectivity index (χ3v) is 8.82. The molecule has 1 atom stereocenters. The van der Waals surface area contributed by atoms with Crippen LogP contribution in [0.3, 0.4) is 0 Å². The van der Waals surface area contributed by atoms with Crippen molar-refractivity contribution in [3.05, 3.63) is 151 Å². The first-order valence-corrected chi connectivity index (χ1v) is 15.3. The van der Waals surface area contributed by atoms with Crippen molar-refractivity contribution in [3.8, 4) is 33.9 Å². The van der Waals surface area contributed by atoms with Crippen LogP contribution in [-0.4, -0.2) is 15.0 Å². The molecule has 1 aliphatic carbocycles. The summed E-state index contributed by atoms with van der Waals surface area (Å²) in [4.78, 5) is 15.1. The number of para-hydroxylation sites is 1. The minimum absolute atomic E-state index is 0.103. The molecule has 9 rings (SSSR count). The third kappa shape index (κ3) is 4.42. The predicted molar refractivity (Wildman–Crippen MR) is 184 cm³/mol. The Morgan fingerprint density at radius 1 is 0.533 bits per heavy atom. The largest absolute Gasteiger partial charge is 0.456 e. The summed E-state index contributed by atoms with van der Waals surface area (Å²) in [6, 6.07) is 42.4. The number of allylic oxidation sites excluding steroid dienone is 4. The van der Waals surface area contributed by atoms with Gasteiger partial charge in [-0.25, -0.2) is 15.0 Å². The molecule has 0 saturated heterocycles. The molecular weight excluding hydrogens is 550 g/mol. The van der Waals surface area contributed by atoms with Gasteiger partial charge in [0.25, 0.3) is 0 Å². The Morgan fingerprint density at radius 3 is 2.11 bits per heavy atom. The van der Waals surface area contributed by atoms with Crippen LogP contribution in [0.2, 0.25) is 0 Å². The molecule has 4 heteroatoms. The monoisotopic (exact) mass is 577 g/mol. The van der Waals surface area contributed by atoms with Crippen LogP contribution >= 0.6 is 0 Å². The second kappa shape index (κ2) is 10.4. The molecule has 45 heavy (non-hydrogen) atoms. The highest BCUT2D eigenvalue weighted by Gasteiger charge is 2.18. The van der Waals surface area contributed by atoms with Crippen molar-refractivity contribution in [2.24, 2.45) is 0 Å². The number of furan rings is 1. The van der Waals surface area contributed by atoms with E-state index in [1.807, 2.05) is 18.2 Å². The van der Waals surface area contributed by atoms with Crippen LogP contribution in [0.25, 0.3) is 77.4 Å². The van der Waals surface area contributed by atoms with Crippen LogP contribution < -0.4 is 0 Å². The highest BCUT2D eigenvalue weighted by molar-refractivity contribution is 6.12. The lowest BCUT2D eigenvalue weighted by atomic mass is 9.98. The maximum atomic E-state index is 6.14. The molecule has 0 bridgehead atoms. The van der Waals surface area contributed by atoms with Crippen molar-refractivity contribution in [3.63, 3.8) is 0 Å². The first kappa shape index (κ1) is 25.6. The smallest absolute Gasteiger partial charge is 0.163 e. The molecule has 212 valence electrons. The van der Waals surface area contributed by atoms with Crippen LogP contribution in [0.4, 0.5) is 0 Å². The van der Waals surface area contributed by atoms with Crippen LogP contribution in [0.15, 0.2) is 150 Å². The average molecular weight is 578 g/mol. The molecule has 8 aromatic rings. The Kier molecular flexibility index (Phi) is 5.91. The fourth-order valence-electron chi connectivity index (χ4n) is 6.55. The van der Waals surface area contributed by atoms with Gasteiger partial charge in [0.2, 0.25) is 0 Å². The van der Waals surface area contributed by atoms with Crippen LogP contribution in [0.5, 0.6) is 0 Å². The zero-order valence-electron chi connectivity index (χ0n) is 24.4. The molecule has 0 N–H and O–H groups in total. The standard InChI is InChI=1S/C41H27N3O/c1-2-10-28(11-3-1)39-42-40(44-41(43-39)31-23-24-33-30(25-31)22-19-26-9-4-5-12-32(26)33)29-20-17-27(18-21-29)34-14-8-16-37-38(34)35-13-6-7-15-36(35)45-37/h1-10,12-25,28H,11H2/t28-/m0/s1. The molecule has 0 spiro atoms. The topological polar surface area (TPSA) is 51.8 Å². The summed E-state index contributed by atoms with van der Waals surface area (Å²) in [6.07, 6.45) is 9.37. The van der Waals surface area contributed by atoms with Crippen molar-refractivity contribution in [2.75, 3.05) is 0 Å². The zero-order valence-corrected chi connectivity index (χ0v) is 24.4. The lowest BCUT2D eigenvalue weighted by Gasteiger charge is -2.15. The molecule has 6 aromatic carbocycles.